The summed E-state index contributed by atoms with van der Waals surface area (Å²) in [6.07, 6.45) is -1.01. The van der Waals surface area contributed by atoms with Crippen molar-refractivity contribution in [3.63, 3.8) is 0 Å². The standard InChI is InChI=1S/C13H18F3N3/c1-9(17-2)10-5-6-18-12(7-10)19(11-3-4-11)8-13(14,15)16/h5-7,9,11,17H,3-4,8H2,1-2H3. The monoisotopic (exact) mass is 273 g/mol. The van der Waals surface area contributed by atoms with Crippen molar-refractivity contribution in [3.8, 4) is 0 Å². The predicted octanol–water partition coefficient (Wildman–Crippen LogP) is 2.89. The molecule has 0 spiro atoms. The van der Waals surface area contributed by atoms with Gasteiger partial charge < -0.3 is 10.2 Å². The van der Waals surface area contributed by atoms with E-state index in [1.54, 1.807) is 12.3 Å². The number of aromatic nitrogens is 1. The summed E-state index contributed by atoms with van der Waals surface area (Å²) in [5.41, 5.74) is 0.945. The predicted molar refractivity (Wildman–Crippen MR) is 68.1 cm³/mol. The molecule has 0 aromatic carbocycles. The maximum absolute atomic E-state index is 12.6. The average molecular weight is 273 g/mol. The Morgan fingerprint density at radius 1 is 1.47 bits per heavy atom. The summed E-state index contributed by atoms with van der Waals surface area (Å²) >= 11 is 0. The maximum Gasteiger partial charge on any atom is 0.405 e. The number of alkyl halides is 3. The highest BCUT2D eigenvalue weighted by Gasteiger charge is 2.38. The van der Waals surface area contributed by atoms with Crippen LogP contribution in [0.4, 0.5) is 19.0 Å². The van der Waals surface area contributed by atoms with E-state index in [2.05, 4.69) is 10.3 Å². The minimum atomic E-state index is -4.20. The first-order valence-corrected chi connectivity index (χ1v) is 6.37. The maximum atomic E-state index is 12.6. The molecular formula is C13H18F3N3. The van der Waals surface area contributed by atoms with E-state index in [1.807, 2.05) is 20.0 Å². The van der Waals surface area contributed by atoms with E-state index in [0.29, 0.717) is 5.82 Å². The third-order valence-electron chi connectivity index (χ3n) is 3.33. The van der Waals surface area contributed by atoms with Crippen LogP contribution in [-0.4, -0.2) is 30.8 Å². The molecule has 1 aliphatic rings. The van der Waals surface area contributed by atoms with E-state index in [1.165, 1.54) is 4.90 Å². The van der Waals surface area contributed by atoms with E-state index in [4.69, 9.17) is 0 Å². The quantitative estimate of drug-likeness (QED) is 0.894. The van der Waals surface area contributed by atoms with E-state index >= 15 is 0 Å². The summed E-state index contributed by atoms with van der Waals surface area (Å²) in [5.74, 6) is 0.416. The van der Waals surface area contributed by atoms with Gasteiger partial charge in [-0.25, -0.2) is 4.98 Å². The molecule has 0 saturated heterocycles. The summed E-state index contributed by atoms with van der Waals surface area (Å²) in [6, 6.07) is 3.64. The fraction of sp³-hybridized carbons (Fsp3) is 0.615. The lowest BCUT2D eigenvalue weighted by atomic mass is 10.1. The molecular weight excluding hydrogens is 255 g/mol. The smallest absolute Gasteiger partial charge is 0.345 e. The van der Waals surface area contributed by atoms with Gasteiger partial charge >= 0.3 is 6.18 Å². The SMILES string of the molecule is CNC(C)c1ccnc(N(CC(F)(F)F)C2CC2)c1. The Kier molecular flexibility index (Phi) is 3.99. The highest BCUT2D eigenvalue weighted by Crippen LogP contribution is 2.34. The van der Waals surface area contributed by atoms with Gasteiger partial charge in [-0.15, -0.1) is 0 Å². The molecule has 3 nitrogen and oxygen atoms in total. The second-order valence-electron chi connectivity index (χ2n) is 4.93. The Morgan fingerprint density at radius 2 is 2.16 bits per heavy atom. The normalized spacial score (nSPS) is 17.3. The molecule has 1 aromatic rings. The van der Waals surface area contributed by atoms with Crippen LogP contribution < -0.4 is 10.2 Å². The molecule has 0 bridgehead atoms. The molecule has 19 heavy (non-hydrogen) atoms. The van der Waals surface area contributed by atoms with Crippen LogP contribution in [0.3, 0.4) is 0 Å². The van der Waals surface area contributed by atoms with Gasteiger partial charge in [-0.2, -0.15) is 13.2 Å². The third kappa shape index (κ3) is 3.83. The first-order valence-electron chi connectivity index (χ1n) is 6.37. The largest absolute Gasteiger partial charge is 0.405 e. The molecule has 1 fully saturated rings. The molecule has 1 atom stereocenters. The van der Waals surface area contributed by atoms with Crippen LogP contribution in [-0.2, 0) is 0 Å². The summed E-state index contributed by atoms with van der Waals surface area (Å²) in [6.45, 7) is 1.03. The van der Waals surface area contributed by atoms with Gasteiger partial charge in [-0.05, 0) is 44.5 Å². The summed E-state index contributed by atoms with van der Waals surface area (Å²) < 4.78 is 37.9. The first kappa shape index (κ1) is 14.1. The Balaban J connectivity index is 2.21. The van der Waals surface area contributed by atoms with Crippen molar-refractivity contribution in [3.05, 3.63) is 23.9 Å². The fourth-order valence-corrected chi connectivity index (χ4v) is 2.00. The molecule has 2 rings (SSSR count). The van der Waals surface area contributed by atoms with Crippen molar-refractivity contribution in [2.24, 2.45) is 0 Å². The Hall–Kier alpha value is -1.30. The summed E-state index contributed by atoms with van der Waals surface area (Å²) in [5, 5.41) is 3.07. The zero-order valence-corrected chi connectivity index (χ0v) is 11.0. The van der Waals surface area contributed by atoms with Gasteiger partial charge in [-0.3, -0.25) is 0 Å². The average Bonchev–Trinajstić information content (AvgIpc) is 3.18. The van der Waals surface area contributed by atoms with Crippen molar-refractivity contribution in [2.75, 3.05) is 18.5 Å². The number of anilines is 1. The number of nitrogens with one attached hydrogen (secondary N) is 1. The van der Waals surface area contributed by atoms with Crippen LogP contribution in [0, 0.1) is 0 Å². The number of pyridine rings is 1. The van der Waals surface area contributed by atoms with E-state index in [-0.39, 0.29) is 12.1 Å². The van der Waals surface area contributed by atoms with E-state index in [0.717, 1.165) is 18.4 Å². The van der Waals surface area contributed by atoms with E-state index < -0.39 is 12.7 Å². The van der Waals surface area contributed by atoms with Gasteiger partial charge in [0.25, 0.3) is 0 Å². The first-order chi connectivity index (χ1) is 8.90. The van der Waals surface area contributed by atoms with Crippen LogP contribution in [0.5, 0.6) is 0 Å². The lowest BCUT2D eigenvalue weighted by molar-refractivity contribution is -0.120. The van der Waals surface area contributed by atoms with Crippen molar-refractivity contribution < 1.29 is 13.2 Å². The van der Waals surface area contributed by atoms with Crippen LogP contribution in [0.2, 0.25) is 0 Å². The molecule has 6 heteroatoms. The Bertz CT molecular complexity index is 429. The van der Waals surface area contributed by atoms with Crippen LogP contribution >= 0.6 is 0 Å². The minimum absolute atomic E-state index is 0.0192. The van der Waals surface area contributed by atoms with Crippen molar-refractivity contribution in [1.82, 2.24) is 10.3 Å². The van der Waals surface area contributed by atoms with Crippen molar-refractivity contribution in [2.45, 2.75) is 38.0 Å². The molecule has 1 unspecified atom stereocenters. The second kappa shape index (κ2) is 5.36. The zero-order valence-electron chi connectivity index (χ0n) is 11.0. The highest BCUT2D eigenvalue weighted by atomic mass is 19.4. The number of hydrogen-bond donors (Lipinski definition) is 1. The molecule has 1 heterocycles. The van der Waals surface area contributed by atoms with Gasteiger partial charge in [0, 0.05) is 18.3 Å². The number of hydrogen-bond acceptors (Lipinski definition) is 3. The van der Waals surface area contributed by atoms with Gasteiger partial charge in [0.15, 0.2) is 0 Å². The molecule has 1 aliphatic carbocycles. The van der Waals surface area contributed by atoms with Gasteiger partial charge in [0.05, 0.1) is 0 Å². The number of halogens is 3. The lowest BCUT2D eigenvalue weighted by Crippen LogP contribution is -2.36. The molecule has 0 aliphatic heterocycles. The highest BCUT2D eigenvalue weighted by molar-refractivity contribution is 5.44. The summed E-state index contributed by atoms with van der Waals surface area (Å²) in [4.78, 5) is 5.47. The van der Waals surface area contributed by atoms with Crippen LogP contribution in [0.25, 0.3) is 0 Å². The van der Waals surface area contributed by atoms with Gasteiger partial charge in [-0.1, -0.05) is 0 Å². The van der Waals surface area contributed by atoms with Crippen LogP contribution in [0.1, 0.15) is 31.4 Å². The van der Waals surface area contributed by atoms with Gasteiger partial charge in [0.1, 0.15) is 12.4 Å². The molecule has 1 saturated carbocycles. The lowest BCUT2D eigenvalue weighted by Gasteiger charge is -2.25. The Labute approximate surface area is 110 Å². The number of rotatable bonds is 5. The Morgan fingerprint density at radius 3 is 2.68 bits per heavy atom. The molecule has 1 aromatic heterocycles. The molecule has 0 radical (unpaired) electrons. The van der Waals surface area contributed by atoms with Gasteiger partial charge in [0.2, 0.25) is 0 Å². The van der Waals surface area contributed by atoms with E-state index in [9.17, 15) is 13.2 Å². The third-order valence-corrected chi connectivity index (χ3v) is 3.33. The molecule has 0 amide bonds. The number of nitrogens with zero attached hydrogens (tertiary/aromatic N) is 2. The summed E-state index contributed by atoms with van der Waals surface area (Å²) in [7, 11) is 1.82. The molecule has 106 valence electrons. The topological polar surface area (TPSA) is 28.2 Å². The minimum Gasteiger partial charge on any atom is -0.345 e. The fourth-order valence-electron chi connectivity index (χ4n) is 2.00. The van der Waals surface area contributed by atoms with Crippen molar-refractivity contribution in [1.29, 1.82) is 0 Å². The van der Waals surface area contributed by atoms with Crippen LogP contribution in [0.15, 0.2) is 18.3 Å². The zero-order chi connectivity index (χ0) is 14.0. The second-order valence-corrected chi connectivity index (χ2v) is 4.93. The van der Waals surface area contributed by atoms with Crippen molar-refractivity contribution >= 4 is 5.82 Å². The molecule has 1 N–H and O–H groups in total.